The average molecular weight is 472 g/mol. The van der Waals surface area contributed by atoms with Crippen LogP contribution >= 0.6 is 0 Å². The van der Waals surface area contributed by atoms with Gasteiger partial charge in [0.15, 0.2) is 0 Å². The SMILES string of the molecule is O=Cc1ccc(CC2C(=O)N(c3ccccc3)N(c3ccc(S(=O)(=O)[O-])cc3)C2=O)cc1.[Na+]. The normalized spacial score (nSPS) is 16.0. The predicted molar refractivity (Wildman–Crippen MR) is 115 cm³/mol. The summed E-state index contributed by atoms with van der Waals surface area (Å²) in [5.41, 5.74) is 1.91. The van der Waals surface area contributed by atoms with Crippen molar-refractivity contribution in [3.8, 4) is 0 Å². The van der Waals surface area contributed by atoms with Gasteiger partial charge in [0.2, 0.25) is 0 Å². The minimum Gasteiger partial charge on any atom is -0.744 e. The van der Waals surface area contributed by atoms with Crippen molar-refractivity contribution in [2.75, 3.05) is 10.0 Å². The largest absolute Gasteiger partial charge is 1.00 e. The maximum Gasteiger partial charge on any atom is 1.00 e. The van der Waals surface area contributed by atoms with Crippen molar-refractivity contribution in [2.45, 2.75) is 11.3 Å². The number of para-hydroxylation sites is 1. The smallest absolute Gasteiger partial charge is 0.744 e. The number of amides is 2. The topological polar surface area (TPSA) is 115 Å². The summed E-state index contributed by atoms with van der Waals surface area (Å²) in [4.78, 5) is 37.1. The standard InChI is InChI=1S/C23H18N2O6S.Na/c26-15-17-8-6-16(7-9-17)14-21-22(27)24(18-4-2-1-3-5-18)25(23(21)28)19-10-12-20(13-11-19)32(29,30)31;/h1-13,15,21H,14H2,(H,29,30,31);/q;+1/p-1. The van der Waals surface area contributed by atoms with Crippen LogP contribution in [-0.2, 0) is 26.1 Å². The Morgan fingerprint density at radius 2 is 1.30 bits per heavy atom. The van der Waals surface area contributed by atoms with Crippen molar-refractivity contribution in [1.82, 2.24) is 0 Å². The Morgan fingerprint density at radius 1 is 0.788 bits per heavy atom. The van der Waals surface area contributed by atoms with Gasteiger partial charge in [0.05, 0.1) is 16.3 Å². The number of hydrogen-bond donors (Lipinski definition) is 0. The number of anilines is 2. The van der Waals surface area contributed by atoms with Crippen molar-refractivity contribution in [3.05, 3.63) is 90.0 Å². The van der Waals surface area contributed by atoms with Crippen LogP contribution in [0.25, 0.3) is 0 Å². The molecule has 0 spiro atoms. The van der Waals surface area contributed by atoms with E-state index in [4.69, 9.17) is 0 Å². The fraction of sp³-hybridized carbons (Fsp3) is 0.0870. The summed E-state index contributed by atoms with van der Waals surface area (Å²) in [5, 5.41) is 2.43. The van der Waals surface area contributed by atoms with Gasteiger partial charge in [-0.1, -0.05) is 42.5 Å². The Labute approximate surface area is 212 Å². The first kappa shape index (κ1) is 24.8. The van der Waals surface area contributed by atoms with Crippen LogP contribution in [0.2, 0.25) is 0 Å². The van der Waals surface area contributed by atoms with Crippen molar-refractivity contribution >= 4 is 39.6 Å². The van der Waals surface area contributed by atoms with Gasteiger partial charge in [0, 0.05) is 5.56 Å². The third-order valence-electron chi connectivity index (χ3n) is 5.14. The van der Waals surface area contributed by atoms with Crippen LogP contribution in [0.5, 0.6) is 0 Å². The molecule has 4 rings (SSSR count). The summed E-state index contributed by atoms with van der Waals surface area (Å²) in [6.45, 7) is 0. The molecule has 10 heteroatoms. The first-order valence-electron chi connectivity index (χ1n) is 9.62. The van der Waals surface area contributed by atoms with Gasteiger partial charge in [-0.3, -0.25) is 14.4 Å². The van der Waals surface area contributed by atoms with Crippen molar-refractivity contribution < 1.29 is 56.9 Å². The molecule has 0 aliphatic carbocycles. The van der Waals surface area contributed by atoms with Crippen LogP contribution in [0, 0.1) is 5.92 Å². The fourth-order valence-corrected chi connectivity index (χ4v) is 4.02. The van der Waals surface area contributed by atoms with Crippen molar-refractivity contribution in [2.24, 2.45) is 5.92 Å². The van der Waals surface area contributed by atoms with Gasteiger partial charge in [-0.05, 0) is 48.4 Å². The Morgan fingerprint density at radius 3 is 1.79 bits per heavy atom. The van der Waals surface area contributed by atoms with Gasteiger partial charge < -0.3 is 4.55 Å². The molecule has 1 saturated heterocycles. The van der Waals surface area contributed by atoms with E-state index >= 15 is 0 Å². The number of hydrazine groups is 1. The molecule has 1 aliphatic rings. The summed E-state index contributed by atoms with van der Waals surface area (Å²) >= 11 is 0. The minimum absolute atomic E-state index is 0. The quantitative estimate of drug-likeness (QED) is 0.208. The molecule has 3 aromatic rings. The minimum atomic E-state index is -4.65. The number of carbonyl (C=O) groups is 3. The van der Waals surface area contributed by atoms with E-state index in [9.17, 15) is 27.4 Å². The van der Waals surface area contributed by atoms with E-state index in [1.165, 1.54) is 22.2 Å². The number of carbonyl (C=O) groups excluding carboxylic acids is 3. The zero-order chi connectivity index (χ0) is 22.9. The van der Waals surface area contributed by atoms with Crippen LogP contribution in [0.3, 0.4) is 0 Å². The molecule has 33 heavy (non-hydrogen) atoms. The van der Waals surface area contributed by atoms with E-state index in [1.54, 1.807) is 54.6 Å². The summed E-state index contributed by atoms with van der Waals surface area (Å²) in [5.74, 6) is -1.95. The average Bonchev–Trinajstić information content (AvgIpc) is 3.04. The Hall–Kier alpha value is -2.82. The summed E-state index contributed by atoms with van der Waals surface area (Å²) < 4.78 is 33.7. The van der Waals surface area contributed by atoms with Gasteiger partial charge >= 0.3 is 29.6 Å². The Balaban J connectivity index is 0.00000306. The van der Waals surface area contributed by atoms with E-state index in [1.807, 2.05) is 0 Å². The van der Waals surface area contributed by atoms with Crippen molar-refractivity contribution in [3.63, 3.8) is 0 Å². The van der Waals surface area contributed by atoms with E-state index in [-0.39, 0.29) is 41.7 Å². The molecule has 1 atom stereocenters. The third kappa shape index (κ3) is 5.07. The second-order valence-electron chi connectivity index (χ2n) is 7.20. The number of benzene rings is 3. The molecule has 2 amide bonds. The molecule has 1 unspecified atom stereocenters. The van der Waals surface area contributed by atoms with Crippen LogP contribution in [0.1, 0.15) is 15.9 Å². The van der Waals surface area contributed by atoms with Gasteiger partial charge in [0.1, 0.15) is 22.3 Å². The number of aldehydes is 1. The first-order chi connectivity index (χ1) is 15.3. The fourth-order valence-electron chi connectivity index (χ4n) is 3.55. The van der Waals surface area contributed by atoms with E-state index in [0.29, 0.717) is 23.1 Å². The summed E-state index contributed by atoms with van der Waals surface area (Å²) in [7, 11) is -4.65. The molecule has 1 fully saturated rings. The molecular weight excluding hydrogens is 455 g/mol. The van der Waals surface area contributed by atoms with Crippen molar-refractivity contribution in [1.29, 1.82) is 0 Å². The second kappa shape index (κ2) is 9.98. The van der Waals surface area contributed by atoms with Crippen LogP contribution in [-0.4, -0.2) is 31.1 Å². The zero-order valence-electron chi connectivity index (χ0n) is 17.6. The van der Waals surface area contributed by atoms with Crippen LogP contribution in [0.15, 0.2) is 83.8 Å². The van der Waals surface area contributed by atoms with E-state index in [0.717, 1.165) is 12.1 Å². The number of hydrogen-bond acceptors (Lipinski definition) is 6. The molecule has 3 aromatic carbocycles. The maximum atomic E-state index is 13.3. The molecule has 1 heterocycles. The van der Waals surface area contributed by atoms with E-state index < -0.39 is 32.7 Å². The molecule has 0 N–H and O–H groups in total. The molecule has 8 nitrogen and oxygen atoms in total. The first-order valence-corrected chi connectivity index (χ1v) is 11.0. The van der Waals surface area contributed by atoms with Crippen LogP contribution < -0.4 is 39.6 Å². The zero-order valence-corrected chi connectivity index (χ0v) is 20.4. The molecule has 1 aliphatic heterocycles. The van der Waals surface area contributed by atoms with Gasteiger partial charge in [-0.25, -0.2) is 18.4 Å². The van der Waals surface area contributed by atoms with Gasteiger partial charge in [-0.2, -0.15) is 0 Å². The van der Waals surface area contributed by atoms with Crippen LogP contribution in [0.4, 0.5) is 11.4 Å². The molecule has 162 valence electrons. The summed E-state index contributed by atoms with van der Waals surface area (Å²) in [6.07, 6.45) is 0.837. The Kier molecular flexibility index (Phi) is 7.51. The number of nitrogens with zero attached hydrogens (tertiary/aromatic N) is 2. The molecule has 0 saturated carbocycles. The van der Waals surface area contributed by atoms with Gasteiger partial charge in [0.25, 0.3) is 11.8 Å². The predicted octanol–water partition coefficient (Wildman–Crippen LogP) is -0.439. The maximum absolute atomic E-state index is 13.3. The molecule has 0 bridgehead atoms. The molecule has 0 aromatic heterocycles. The van der Waals surface area contributed by atoms with Gasteiger partial charge in [-0.15, -0.1) is 0 Å². The molecular formula is C23H17N2NaO6S. The molecule has 0 radical (unpaired) electrons. The monoisotopic (exact) mass is 472 g/mol. The van der Waals surface area contributed by atoms with E-state index in [2.05, 4.69) is 0 Å². The third-order valence-corrected chi connectivity index (χ3v) is 5.99. The second-order valence-corrected chi connectivity index (χ2v) is 8.58. The Bertz CT molecular complexity index is 1280. The summed E-state index contributed by atoms with van der Waals surface area (Å²) in [6, 6.07) is 20.0. The number of rotatable bonds is 6.